The van der Waals surface area contributed by atoms with Gasteiger partial charge in [-0.3, -0.25) is 14.5 Å². The standard InChI is InChI=1S/C29H30N4O5/c30-24-6-1-2-7-25(24)32-28(34)20-8-10-23(11-9-20)37-15-12-31-29(35)26-18-21-4-3-5-22(27(21)38-26)19-33-13-16-36-17-14-33/h1-11,18H,12-17,19,30H2,(H,31,35)(H,32,34). The van der Waals surface area contributed by atoms with Gasteiger partial charge in [0.05, 0.1) is 31.1 Å². The second-order valence-electron chi connectivity index (χ2n) is 9.00. The number of benzene rings is 3. The van der Waals surface area contributed by atoms with Crippen molar-refractivity contribution in [2.24, 2.45) is 0 Å². The Balaban J connectivity index is 1.11. The van der Waals surface area contributed by atoms with E-state index in [4.69, 9.17) is 19.6 Å². The zero-order chi connectivity index (χ0) is 26.3. The first-order chi connectivity index (χ1) is 18.6. The lowest BCUT2D eigenvalue weighted by Gasteiger charge is -2.26. The van der Waals surface area contributed by atoms with E-state index < -0.39 is 0 Å². The maximum absolute atomic E-state index is 12.7. The summed E-state index contributed by atoms with van der Waals surface area (Å²) in [5, 5.41) is 6.52. The molecule has 38 heavy (non-hydrogen) atoms. The SMILES string of the molecule is Nc1ccccc1NC(=O)c1ccc(OCCNC(=O)c2cc3cccc(CN4CCOCC4)c3o2)cc1. The van der Waals surface area contributed by atoms with Crippen LogP contribution in [0.25, 0.3) is 11.0 Å². The van der Waals surface area contributed by atoms with Gasteiger partial charge >= 0.3 is 0 Å². The minimum absolute atomic E-state index is 0.263. The molecule has 5 rings (SSSR count). The fourth-order valence-corrected chi connectivity index (χ4v) is 4.29. The minimum Gasteiger partial charge on any atom is -0.492 e. The van der Waals surface area contributed by atoms with Crippen LogP contribution in [-0.2, 0) is 11.3 Å². The third kappa shape index (κ3) is 6.13. The summed E-state index contributed by atoms with van der Waals surface area (Å²) in [5.74, 6) is 0.297. The van der Waals surface area contributed by atoms with E-state index in [0.717, 1.165) is 49.4 Å². The van der Waals surface area contributed by atoms with Crippen molar-refractivity contribution in [2.75, 3.05) is 50.5 Å². The van der Waals surface area contributed by atoms with Crippen molar-refractivity contribution in [1.29, 1.82) is 0 Å². The Kier molecular flexibility index (Phi) is 7.86. The van der Waals surface area contributed by atoms with E-state index in [2.05, 4.69) is 15.5 Å². The first kappa shape index (κ1) is 25.3. The molecule has 2 heterocycles. The number of morpholine rings is 1. The molecule has 9 heteroatoms. The monoisotopic (exact) mass is 514 g/mol. The van der Waals surface area contributed by atoms with Gasteiger partial charge in [0, 0.05) is 36.1 Å². The topological polar surface area (TPSA) is 119 Å². The van der Waals surface area contributed by atoms with Crippen LogP contribution in [0.4, 0.5) is 11.4 Å². The van der Waals surface area contributed by atoms with Gasteiger partial charge in [-0.25, -0.2) is 0 Å². The van der Waals surface area contributed by atoms with Crippen LogP contribution < -0.4 is 21.1 Å². The Morgan fingerprint density at radius 2 is 1.74 bits per heavy atom. The summed E-state index contributed by atoms with van der Waals surface area (Å²) in [6.07, 6.45) is 0. The van der Waals surface area contributed by atoms with Crippen LogP contribution in [0.3, 0.4) is 0 Å². The van der Waals surface area contributed by atoms with Gasteiger partial charge in [-0.2, -0.15) is 0 Å². The smallest absolute Gasteiger partial charge is 0.287 e. The molecule has 9 nitrogen and oxygen atoms in total. The molecule has 1 fully saturated rings. The van der Waals surface area contributed by atoms with Gasteiger partial charge in [0.15, 0.2) is 5.76 Å². The summed E-state index contributed by atoms with van der Waals surface area (Å²) >= 11 is 0. The number of carbonyl (C=O) groups excluding carboxylic acids is 2. The van der Waals surface area contributed by atoms with E-state index in [-0.39, 0.29) is 24.2 Å². The highest BCUT2D eigenvalue weighted by molar-refractivity contribution is 6.05. The van der Waals surface area contributed by atoms with Crippen LogP contribution in [0.15, 0.2) is 77.2 Å². The number of para-hydroxylation sites is 3. The fourth-order valence-electron chi connectivity index (χ4n) is 4.29. The molecular formula is C29H30N4O5. The average Bonchev–Trinajstić information content (AvgIpc) is 3.39. The first-order valence-electron chi connectivity index (χ1n) is 12.6. The number of nitrogen functional groups attached to an aromatic ring is 1. The Bertz CT molecular complexity index is 1410. The highest BCUT2D eigenvalue weighted by atomic mass is 16.5. The molecular weight excluding hydrogens is 484 g/mol. The summed E-state index contributed by atoms with van der Waals surface area (Å²) in [7, 11) is 0. The first-order valence-corrected chi connectivity index (χ1v) is 12.6. The number of hydrogen-bond acceptors (Lipinski definition) is 7. The number of carbonyl (C=O) groups is 2. The lowest BCUT2D eigenvalue weighted by molar-refractivity contribution is 0.0342. The quantitative estimate of drug-likeness (QED) is 0.229. The van der Waals surface area contributed by atoms with E-state index in [0.29, 0.717) is 29.2 Å². The number of anilines is 2. The molecule has 4 aromatic rings. The molecule has 196 valence electrons. The van der Waals surface area contributed by atoms with Crippen LogP contribution in [-0.4, -0.2) is 56.2 Å². The van der Waals surface area contributed by atoms with Crippen LogP contribution in [0.5, 0.6) is 5.75 Å². The zero-order valence-electron chi connectivity index (χ0n) is 20.9. The number of amides is 2. The molecule has 0 unspecified atom stereocenters. The number of fused-ring (bicyclic) bond motifs is 1. The number of ether oxygens (including phenoxy) is 2. The number of furan rings is 1. The Labute approximate surface area is 220 Å². The molecule has 1 aliphatic heterocycles. The predicted octanol–water partition coefficient (Wildman–Crippen LogP) is 3.91. The van der Waals surface area contributed by atoms with Crippen LogP contribution in [0, 0.1) is 0 Å². The molecule has 1 aromatic heterocycles. The molecule has 0 saturated carbocycles. The van der Waals surface area contributed by atoms with Crippen molar-refractivity contribution in [3.63, 3.8) is 0 Å². The number of nitrogens with one attached hydrogen (secondary N) is 2. The summed E-state index contributed by atoms with van der Waals surface area (Å²) in [6.45, 7) is 4.53. The number of hydrogen-bond donors (Lipinski definition) is 3. The molecule has 1 aliphatic rings. The minimum atomic E-state index is -0.297. The normalized spacial score (nSPS) is 13.8. The van der Waals surface area contributed by atoms with Crippen molar-refractivity contribution in [1.82, 2.24) is 10.2 Å². The summed E-state index contributed by atoms with van der Waals surface area (Å²) in [4.78, 5) is 27.5. The molecule has 0 radical (unpaired) electrons. The molecule has 3 aromatic carbocycles. The largest absolute Gasteiger partial charge is 0.492 e. The third-order valence-corrected chi connectivity index (χ3v) is 6.33. The van der Waals surface area contributed by atoms with Gasteiger partial charge in [-0.15, -0.1) is 0 Å². The van der Waals surface area contributed by atoms with Crippen molar-refractivity contribution in [3.05, 3.63) is 89.7 Å². The van der Waals surface area contributed by atoms with Crippen molar-refractivity contribution in [2.45, 2.75) is 6.54 Å². The highest BCUT2D eigenvalue weighted by Gasteiger charge is 2.17. The third-order valence-electron chi connectivity index (χ3n) is 6.33. The van der Waals surface area contributed by atoms with E-state index in [1.54, 1.807) is 54.6 Å². The predicted molar refractivity (Wildman–Crippen MR) is 145 cm³/mol. The van der Waals surface area contributed by atoms with Crippen LogP contribution >= 0.6 is 0 Å². The van der Waals surface area contributed by atoms with Crippen molar-refractivity contribution in [3.8, 4) is 5.75 Å². The molecule has 1 saturated heterocycles. The van der Waals surface area contributed by atoms with Gasteiger partial charge < -0.3 is 30.3 Å². The average molecular weight is 515 g/mol. The van der Waals surface area contributed by atoms with Gasteiger partial charge in [0.2, 0.25) is 0 Å². The number of nitrogens with two attached hydrogens (primary N) is 1. The van der Waals surface area contributed by atoms with Crippen LogP contribution in [0.2, 0.25) is 0 Å². The summed E-state index contributed by atoms with van der Waals surface area (Å²) < 4.78 is 17.1. The Morgan fingerprint density at radius 1 is 0.947 bits per heavy atom. The Morgan fingerprint density at radius 3 is 2.53 bits per heavy atom. The maximum Gasteiger partial charge on any atom is 0.287 e. The van der Waals surface area contributed by atoms with Crippen molar-refractivity contribution < 1.29 is 23.5 Å². The molecule has 4 N–H and O–H groups in total. The van der Waals surface area contributed by atoms with E-state index in [9.17, 15) is 9.59 Å². The van der Waals surface area contributed by atoms with Crippen LogP contribution in [0.1, 0.15) is 26.5 Å². The summed E-state index contributed by atoms with van der Waals surface area (Å²) in [5.41, 5.74) is 9.21. The van der Waals surface area contributed by atoms with E-state index in [1.807, 2.05) is 18.2 Å². The molecule has 2 amide bonds. The summed E-state index contributed by atoms with van der Waals surface area (Å²) in [6, 6.07) is 21.6. The lowest BCUT2D eigenvalue weighted by Crippen LogP contribution is -2.35. The number of nitrogens with zero attached hydrogens (tertiary/aromatic N) is 1. The fraction of sp³-hybridized carbons (Fsp3) is 0.241. The maximum atomic E-state index is 12.7. The molecule has 0 aliphatic carbocycles. The second-order valence-corrected chi connectivity index (χ2v) is 9.00. The Hall–Kier alpha value is -4.34. The molecule has 0 bridgehead atoms. The van der Waals surface area contributed by atoms with Crippen molar-refractivity contribution >= 4 is 34.2 Å². The zero-order valence-corrected chi connectivity index (χ0v) is 20.9. The van der Waals surface area contributed by atoms with E-state index in [1.165, 1.54) is 0 Å². The highest BCUT2D eigenvalue weighted by Crippen LogP contribution is 2.25. The second kappa shape index (κ2) is 11.8. The van der Waals surface area contributed by atoms with Gasteiger partial charge in [-0.05, 0) is 42.5 Å². The number of rotatable bonds is 9. The lowest BCUT2D eigenvalue weighted by atomic mass is 10.1. The van der Waals surface area contributed by atoms with Gasteiger partial charge in [-0.1, -0.05) is 30.3 Å². The molecule has 0 spiro atoms. The van der Waals surface area contributed by atoms with E-state index >= 15 is 0 Å². The van der Waals surface area contributed by atoms with Gasteiger partial charge in [0.1, 0.15) is 17.9 Å². The molecule has 0 atom stereocenters. The van der Waals surface area contributed by atoms with Gasteiger partial charge in [0.25, 0.3) is 11.8 Å².